The fourth-order valence-electron chi connectivity index (χ4n) is 1.84. The molecule has 0 bridgehead atoms. The van der Waals surface area contributed by atoms with E-state index in [9.17, 15) is 0 Å². The molecule has 0 heterocycles. The maximum absolute atomic E-state index is 8.61. The largest absolute Gasteiger partial charge is 0.495 e. The Labute approximate surface area is 118 Å². The van der Waals surface area contributed by atoms with Crippen LogP contribution in [0.25, 0.3) is 0 Å². The van der Waals surface area contributed by atoms with Crippen molar-refractivity contribution in [2.24, 2.45) is 0 Å². The van der Waals surface area contributed by atoms with Gasteiger partial charge in [-0.2, -0.15) is 5.26 Å². The number of methoxy groups -OCH3 is 1. The number of anilines is 1. The molecule has 0 saturated carbocycles. The van der Waals surface area contributed by atoms with Gasteiger partial charge in [0.25, 0.3) is 0 Å². The summed E-state index contributed by atoms with van der Waals surface area (Å²) in [6.07, 6.45) is 0.412. The van der Waals surface area contributed by atoms with Gasteiger partial charge in [0.2, 0.25) is 0 Å². The van der Waals surface area contributed by atoms with Crippen molar-refractivity contribution in [1.29, 1.82) is 5.26 Å². The van der Waals surface area contributed by atoms with Gasteiger partial charge in [-0.3, -0.25) is 0 Å². The van der Waals surface area contributed by atoms with Crippen LogP contribution in [-0.4, -0.2) is 7.11 Å². The summed E-state index contributed by atoms with van der Waals surface area (Å²) in [5, 5.41) is 8.61. The highest BCUT2D eigenvalue weighted by Crippen LogP contribution is 2.23. The van der Waals surface area contributed by atoms with Crippen molar-refractivity contribution < 1.29 is 9.47 Å². The molecule has 4 heteroatoms. The van der Waals surface area contributed by atoms with E-state index >= 15 is 0 Å². The van der Waals surface area contributed by atoms with E-state index in [1.165, 1.54) is 0 Å². The Bertz CT molecular complexity index is 615. The summed E-state index contributed by atoms with van der Waals surface area (Å²) < 4.78 is 10.8. The highest BCUT2D eigenvalue weighted by molar-refractivity contribution is 5.54. The Balaban J connectivity index is 1.98. The van der Waals surface area contributed by atoms with E-state index < -0.39 is 0 Å². The number of nitrogen functional groups attached to an aromatic ring is 1. The third-order valence-corrected chi connectivity index (χ3v) is 2.91. The molecule has 2 aromatic rings. The monoisotopic (exact) mass is 268 g/mol. The summed E-state index contributed by atoms with van der Waals surface area (Å²) in [4.78, 5) is 0. The van der Waals surface area contributed by atoms with E-state index in [0.29, 0.717) is 24.5 Å². The lowest BCUT2D eigenvalue weighted by molar-refractivity contribution is 0.306. The molecule has 0 aliphatic rings. The standard InChI is InChI=1S/C16H16N2O2/c1-19-16-7-4-13(10-15(16)18)11-20-14-5-2-12(3-6-14)8-9-17/h2-7,10H,8,11,18H2,1H3. The number of ether oxygens (including phenoxy) is 2. The Morgan fingerprint density at radius 3 is 2.40 bits per heavy atom. The van der Waals surface area contributed by atoms with Crippen molar-refractivity contribution in [1.82, 2.24) is 0 Å². The van der Waals surface area contributed by atoms with Crippen LogP contribution >= 0.6 is 0 Å². The van der Waals surface area contributed by atoms with E-state index in [1.807, 2.05) is 42.5 Å². The molecule has 0 amide bonds. The third-order valence-electron chi connectivity index (χ3n) is 2.91. The Hall–Kier alpha value is -2.67. The number of hydrogen-bond donors (Lipinski definition) is 1. The molecule has 0 aromatic heterocycles. The zero-order valence-corrected chi connectivity index (χ0v) is 11.3. The molecule has 102 valence electrons. The molecule has 0 aliphatic carbocycles. The summed E-state index contributed by atoms with van der Waals surface area (Å²) in [7, 11) is 1.59. The first-order valence-electron chi connectivity index (χ1n) is 6.24. The highest BCUT2D eigenvalue weighted by Gasteiger charge is 2.02. The molecule has 0 aliphatic heterocycles. The van der Waals surface area contributed by atoms with E-state index in [0.717, 1.165) is 16.9 Å². The molecule has 0 radical (unpaired) electrons. The van der Waals surface area contributed by atoms with Crippen LogP contribution in [0, 0.1) is 11.3 Å². The van der Waals surface area contributed by atoms with Crippen LogP contribution < -0.4 is 15.2 Å². The summed E-state index contributed by atoms with van der Waals surface area (Å²) in [6, 6.07) is 15.2. The van der Waals surface area contributed by atoms with Crippen molar-refractivity contribution >= 4 is 5.69 Å². The van der Waals surface area contributed by atoms with Crippen LogP contribution in [0.15, 0.2) is 42.5 Å². The predicted octanol–water partition coefficient (Wildman–Crippen LogP) is 2.92. The van der Waals surface area contributed by atoms with Gasteiger partial charge in [0.15, 0.2) is 0 Å². The predicted molar refractivity (Wildman–Crippen MR) is 77.5 cm³/mol. The first-order valence-corrected chi connectivity index (χ1v) is 6.24. The second-order valence-corrected chi connectivity index (χ2v) is 4.34. The van der Waals surface area contributed by atoms with E-state index in [4.69, 9.17) is 20.5 Å². The van der Waals surface area contributed by atoms with Crippen LogP contribution in [0.4, 0.5) is 5.69 Å². The van der Waals surface area contributed by atoms with Gasteiger partial charge in [0, 0.05) is 0 Å². The average Bonchev–Trinajstić information content (AvgIpc) is 2.47. The Kier molecular flexibility index (Phi) is 4.46. The van der Waals surface area contributed by atoms with Crippen molar-refractivity contribution in [3.8, 4) is 17.6 Å². The lowest BCUT2D eigenvalue weighted by Crippen LogP contribution is -1.98. The van der Waals surface area contributed by atoms with Gasteiger partial charge in [-0.15, -0.1) is 0 Å². The molecule has 4 nitrogen and oxygen atoms in total. The average molecular weight is 268 g/mol. The molecule has 0 atom stereocenters. The zero-order valence-electron chi connectivity index (χ0n) is 11.3. The number of nitrogens with two attached hydrogens (primary N) is 1. The number of benzene rings is 2. The van der Waals surface area contributed by atoms with E-state index in [-0.39, 0.29) is 0 Å². The van der Waals surface area contributed by atoms with Gasteiger partial charge in [0.05, 0.1) is 25.3 Å². The van der Waals surface area contributed by atoms with E-state index in [2.05, 4.69) is 6.07 Å². The molecule has 0 saturated heterocycles. The molecule has 0 fully saturated rings. The maximum Gasteiger partial charge on any atom is 0.141 e. The molecular formula is C16H16N2O2. The normalized spacial score (nSPS) is 9.80. The van der Waals surface area contributed by atoms with Gasteiger partial charge >= 0.3 is 0 Å². The maximum atomic E-state index is 8.61. The summed E-state index contributed by atoms with van der Waals surface area (Å²) in [6.45, 7) is 0.436. The minimum Gasteiger partial charge on any atom is -0.495 e. The fraction of sp³-hybridized carbons (Fsp3) is 0.188. The molecule has 20 heavy (non-hydrogen) atoms. The first-order chi connectivity index (χ1) is 9.72. The van der Waals surface area contributed by atoms with Gasteiger partial charge in [-0.1, -0.05) is 18.2 Å². The van der Waals surface area contributed by atoms with Crippen LogP contribution in [0.3, 0.4) is 0 Å². The molecule has 0 spiro atoms. The van der Waals surface area contributed by atoms with E-state index in [1.54, 1.807) is 7.11 Å². The summed E-state index contributed by atoms with van der Waals surface area (Å²) in [5.41, 5.74) is 8.39. The minimum atomic E-state index is 0.412. The van der Waals surface area contributed by atoms with Crippen LogP contribution in [0.2, 0.25) is 0 Å². The number of hydrogen-bond acceptors (Lipinski definition) is 4. The van der Waals surface area contributed by atoms with Gasteiger partial charge < -0.3 is 15.2 Å². The fourth-order valence-corrected chi connectivity index (χ4v) is 1.84. The zero-order chi connectivity index (χ0) is 14.4. The molecule has 2 rings (SSSR count). The lowest BCUT2D eigenvalue weighted by atomic mass is 10.1. The van der Waals surface area contributed by atoms with Gasteiger partial charge in [-0.05, 0) is 35.4 Å². The molecular weight excluding hydrogens is 252 g/mol. The van der Waals surface area contributed by atoms with Crippen LogP contribution in [-0.2, 0) is 13.0 Å². The second kappa shape index (κ2) is 6.48. The SMILES string of the molecule is COc1ccc(COc2ccc(CC#N)cc2)cc1N. The molecule has 0 unspecified atom stereocenters. The lowest BCUT2D eigenvalue weighted by Gasteiger charge is -2.09. The first kappa shape index (κ1) is 13.8. The van der Waals surface area contributed by atoms with Crippen molar-refractivity contribution in [3.05, 3.63) is 53.6 Å². The smallest absolute Gasteiger partial charge is 0.141 e. The highest BCUT2D eigenvalue weighted by atomic mass is 16.5. The number of nitriles is 1. The number of rotatable bonds is 5. The molecule has 2 aromatic carbocycles. The van der Waals surface area contributed by atoms with Crippen LogP contribution in [0.1, 0.15) is 11.1 Å². The second-order valence-electron chi connectivity index (χ2n) is 4.34. The Morgan fingerprint density at radius 2 is 1.80 bits per heavy atom. The van der Waals surface area contributed by atoms with Crippen molar-refractivity contribution in [2.45, 2.75) is 13.0 Å². The summed E-state index contributed by atoms with van der Waals surface area (Å²) in [5.74, 6) is 1.43. The third kappa shape index (κ3) is 3.42. The van der Waals surface area contributed by atoms with Crippen molar-refractivity contribution in [3.63, 3.8) is 0 Å². The van der Waals surface area contributed by atoms with Crippen molar-refractivity contribution in [2.75, 3.05) is 12.8 Å². The van der Waals surface area contributed by atoms with Gasteiger partial charge in [-0.25, -0.2) is 0 Å². The summed E-state index contributed by atoms with van der Waals surface area (Å²) >= 11 is 0. The Morgan fingerprint density at radius 1 is 1.10 bits per heavy atom. The topological polar surface area (TPSA) is 68.3 Å². The van der Waals surface area contributed by atoms with Gasteiger partial charge in [0.1, 0.15) is 18.1 Å². The molecule has 2 N–H and O–H groups in total. The number of nitrogens with zero attached hydrogens (tertiary/aromatic N) is 1. The van der Waals surface area contributed by atoms with Crippen LogP contribution in [0.5, 0.6) is 11.5 Å². The quantitative estimate of drug-likeness (QED) is 0.846. The minimum absolute atomic E-state index is 0.412.